The largest absolute Gasteiger partial charge is 0.497 e. The van der Waals surface area contributed by atoms with Crippen LogP contribution in [0.5, 0.6) is 5.75 Å². The third kappa shape index (κ3) is 4.78. The smallest absolute Gasteiger partial charge is 0.335 e. The number of hydrogen-bond acceptors (Lipinski definition) is 4. The number of nitrogens with one attached hydrogen (secondary N) is 1. The zero-order valence-electron chi connectivity index (χ0n) is 16.5. The monoisotopic (exact) mass is 414 g/mol. The van der Waals surface area contributed by atoms with E-state index in [9.17, 15) is 9.90 Å². The summed E-state index contributed by atoms with van der Waals surface area (Å²) in [6.07, 6.45) is 0.523. The number of carboxylic acid groups (broad SMARTS) is 1. The highest BCUT2D eigenvalue weighted by molar-refractivity contribution is 6.31. The first kappa shape index (κ1) is 20.9. The molecule has 0 radical (unpaired) electrons. The number of H-pyrrole nitrogens is 1. The van der Waals surface area contributed by atoms with Crippen molar-refractivity contribution in [1.29, 1.82) is 0 Å². The highest BCUT2D eigenvalue weighted by Crippen LogP contribution is 2.31. The molecule has 0 fully saturated rings. The molecule has 0 aliphatic carbocycles. The summed E-state index contributed by atoms with van der Waals surface area (Å²) in [6.45, 7) is 3.08. The fraction of sp³-hybridized carbons (Fsp3) is 0.273. The first-order chi connectivity index (χ1) is 13.8. The second-order valence-corrected chi connectivity index (χ2v) is 7.54. The van der Waals surface area contributed by atoms with Gasteiger partial charge in [-0.2, -0.15) is 5.10 Å². The maximum atomic E-state index is 11.4. The average Bonchev–Trinajstić information content (AvgIpc) is 3.10. The van der Waals surface area contributed by atoms with Gasteiger partial charge in [-0.15, -0.1) is 0 Å². The van der Waals surface area contributed by atoms with Gasteiger partial charge in [-0.05, 0) is 37.6 Å². The number of benzene rings is 2. The highest BCUT2D eigenvalue weighted by atomic mass is 35.5. The molecule has 0 unspecified atom stereocenters. The predicted molar refractivity (Wildman–Crippen MR) is 111 cm³/mol. The number of carboxylic acids is 1. The number of methoxy groups -OCH3 is 1. The molecule has 0 saturated heterocycles. The minimum Gasteiger partial charge on any atom is -0.497 e. The van der Waals surface area contributed by atoms with Crippen molar-refractivity contribution in [2.75, 3.05) is 7.11 Å². The van der Waals surface area contributed by atoms with Crippen LogP contribution < -0.4 is 4.74 Å². The second-order valence-electron chi connectivity index (χ2n) is 7.13. The van der Waals surface area contributed by atoms with E-state index in [-0.39, 0.29) is 6.61 Å². The number of aromatic nitrogens is 2. The molecule has 2 aromatic carbocycles. The Morgan fingerprint density at radius 1 is 1.21 bits per heavy atom. The molecule has 1 aromatic heterocycles. The van der Waals surface area contributed by atoms with Crippen molar-refractivity contribution >= 4 is 17.6 Å². The maximum absolute atomic E-state index is 11.4. The Labute approximate surface area is 174 Å². The molecule has 6 nitrogen and oxygen atoms in total. The van der Waals surface area contributed by atoms with E-state index in [0.29, 0.717) is 17.1 Å². The first-order valence-electron chi connectivity index (χ1n) is 9.13. The summed E-state index contributed by atoms with van der Waals surface area (Å²) in [7, 11) is 1.62. The second kappa shape index (κ2) is 8.68. The lowest BCUT2D eigenvalue weighted by atomic mass is 9.99. The minimum absolute atomic E-state index is 0.0551. The van der Waals surface area contributed by atoms with Crippen LogP contribution in [0, 0.1) is 0 Å². The molecule has 0 aliphatic rings. The SMILES string of the molecule is COc1cccc(-c2[nH]nc(COC(C)(C)C(=O)O)c2Cc2ccccc2Cl)c1. The van der Waals surface area contributed by atoms with Crippen molar-refractivity contribution in [2.24, 2.45) is 0 Å². The highest BCUT2D eigenvalue weighted by Gasteiger charge is 2.29. The molecule has 0 amide bonds. The number of nitrogens with zero attached hydrogens (tertiary/aromatic N) is 1. The lowest BCUT2D eigenvalue weighted by molar-refractivity contribution is -0.162. The zero-order valence-corrected chi connectivity index (χ0v) is 17.3. The Balaban J connectivity index is 2.01. The van der Waals surface area contributed by atoms with E-state index in [0.717, 1.165) is 28.1 Å². The van der Waals surface area contributed by atoms with Crippen molar-refractivity contribution in [2.45, 2.75) is 32.5 Å². The summed E-state index contributed by atoms with van der Waals surface area (Å²) in [4.78, 5) is 11.4. The number of aliphatic carboxylic acids is 1. The molecule has 29 heavy (non-hydrogen) atoms. The Kier molecular flexibility index (Phi) is 6.25. The van der Waals surface area contributed by atoms with E-state index >= 15 is 0 Å². The molecule has 3 rings (SSSR count). The number of carbonyl (C=O) groups is 1. The summed E-state index contributed by atoms with van der Waals surface area (Å²) >= 11 is 6.37. The molecule has 0 spiro atoms. The van der Waals surface area contributed by atoms with Gasteiger partial charge in [0, 0.05) is 22.6 Å². The van der Waals surface area contributed by atoms with E-state index in [1.807, 2.05) is 48.5 Å². The minimum atomic E-state index is -1.32. The van der Waals surface area contributed by atoms with Crippen molar-refractivity contribution in [3.05, 3.63) is 70.4 Å². The van der Waals surface area contributed by atoms with Crippen LogP contribution in [0.2, 0.25) is 5.02 Å². The van der Waals surface area contributed by atoms with Gasteiger partial charge in [0.05, 0.1) is 25.1 Å². The fourth-order valence-electron chi connectivity index (χ4n) is 2.87. The van der Waals surface area contributed by atoms with Gasteiger partial charge in [0.25, 0.3) is 0 Å². The number of ether oxygens (including phenoxy) is 2. The summed E-state index contributed by atoms with van der Waals surface area (Å²) < 4.78 is 11.0. The van der Waals surface area contributed by atoms with Gasteiger partial charge >= 0.3 is 5.97 Å². The molecule has 0 atom stereocenters. The Morgan fingerprint density at radius 3 is 2.66 bits per heavy atom. The van der Waals surface area contributed by atoms with Crippen LogP contribution in [0.15, 0.2) is 48.5 Å². The zero-order chi connectivity index (χ0) is 21.0. The molecule has 3 aromatic rings. The van der Waals surface area contributed by atoms with Gasteiger partial charge in [-0.25, -0.2) is 4.79 Å². The molecule has 7 heteroatoms. The van der Waals surface area contributed by atoms with Crippen molar-refractivity contribution in [3.8, 4) is 17.0 Å². The average molecular weight is 415 g/mol. The van der Waals surface area contributed by atoms with Crippen molar-refractivity contribution < 1.29 is 19.4 Å². The number of rotatable bonds is 8. The topological polar surface area (TPSA) is 84.4 Å². The molecular formula is C22H23ClN2O4. The predicted octanol–water partition coefficient (Wildman–Crippen LogP) is 4.71. The van der Waals surface area contributed by atoms with Crippen LogP contribution in [-0.4, -0.2) is 34.0 Å². The lowest BCUT2D eigenvalue weighted by Gasteiger charge is -2.19. The molecule has 0 aliphatic heterocycles. The quantitative estimate of drug-likeness (QED) is 0.557. The normalized spacial score (nSPS) is 11.4. The first-order valence-corrected chi connectivity index (χ1v) is 9.51. The van der Waals surface area contributed by atoms with E-state index in [2.05, 4.69) is 10.2 Å². The maximum Gasteiger partial charge on any atom is 0.335 e. The van der Waals surface area contributed by atoms with Crippen LogP contribution in [-0.2, 0) is 22.6 Å². The number of halogens is 1. The van der Waals surface area contributed by atoms with Gasteiger partial charge in [-0.3, -0.25) is 5.10 Å². The van der Waals surface area contributed by atoms with E-state index in [1.54, 1.807) is 7.11 Å². The summed E-state index contributed by atoms with van der Waals surface area (Å²) in [5, 5.41) is 17.5. The van der Waals surface area contributed by atoms with Crippen LogP contribution in [0.3, 0.4) is 0 Å². The third-order valence-electron chi connectivity index (χ3n) is 4.72. The van der Waals surface area contributed by atoms with Gasteiger partial charge < -0.3 is 14.6 Å². The standard InChI is InChI=1S/C22H23ClN2O4/c1-22(2,21(26)27)29-13-19-17(12-14-7-4-5-10-18(14)23)20(25-24-19)15-8-6-9-16(11-15)28-3/h4-11H,12-13H2,1-3H3,(H,24,25)(H,26,27). The summed E-state index contributed by atoms with van der Waals surface area (Å²) in [6, 6.07) is 15.2. The van der Waals surface area contributed by atoms with E-state index in [1.165, 1.54) is 13.8 Å². The summed E-state index contributed by atoms with van der Waals surface area (Å²) in [5.74, 6) is -0.306. The van der Waals surface area contributed by atoms with Gasteiger partial charge in [0.2, 0.25) is 0 Å². The van der Waals surface area contributed by atoms with Gasteiger partial charge in [0.1, 0.15) is 5.75 Å². The van der Waals surface area contributed by atoms with Crippen LogP contribution in [0.25, 0.3) is 11.3 Å². The molecule has 0 bridgehead atoms. The van der Waals surface area contributed by atoms with E-state index in [4.69, 9.17) is 21.1 Å². The lowest BCUT2D eigenvalue weighted by Crippen LogP contribution is -2.34. The molecule has 152 valence electrons. The Bertz CT molecular complexity index is 1010. The van der Waals surface area contributed by atoms with Gasteiger partial charge in [0.15, 0.2) is 5.60 Å². The molecular weight excluding hydrogens is 392 g/mol. The Morgan fingerprint density at radius 2 is 1.97 bits per heavy atom. The van der Waals surface area contributed by atoms with Crippen LogP contribution >= 0.6 is 11.6 Å². The number of hydrogen-bond donors (Lipinski definition) is 2. The van der Waals surface area contributed by atoms with Crippen LogP contribution in [0.4, 0.5) is 0 Å². The fourth-order valence-corrected chi connectivity index (χ4v) is 3.08. The molecule has 1 heterocycles. The third-order valence-corrected chi connectivity index (χ3v) is 5.09. The summed E-state index contributed by atoms with van der Waals surface area (Å²) in [5.41, 5.74) is 2.87. The number of aromatic amines is 1. The van der Waals surface area contributed by atoms with Gasteiger partial charge in [-0.1, -0.05) is 41.9 Å². The van der Waals surface area contributed by atoms with E-state index < -0.39 is 11.6 Å². The molecule has 2 N–H and O–H groups in total. The van der Waals surface area contributed by atoms with Crippen LogP contribution in [0.1, 0.15) is 30.7 Å². The van der Waals surface area contributed by atoms with Crippen molar-refractivity contribution in [3.63, 3.8) is 0 Å². The Hall–Kier alpha value is -2.83. The molecule has 0 saturated carbocycles. The van der Waals surface area contributed by atoms with Crippen molar-refractivity contribution in [1.82, 2.24) is 10.2 Å².